The van der Waals surface area contributed by atoms with Crippen molar-refractivity contribution in [2.45, 2.75) is 31.9 Å². The second-order valence-corrected chi connectivity index (χ2v) is 3.15. The molecule has 0 aromatic rings. The van der Waals surface area contributed by atoms with E-state index in [-0.39, 0.29) is 6.10 Å². The van der Waals surface area contributed by atoms with Crippen LogP contribution in [0.2, 0.25) is 0 Å². The van der Waals surface area contributed by atoms with Crippen LogP contribution < -0.4 is 10.6 Å². The summed E-state index contributed by atoms with van der Waals surface area (Å²) in [4.78, 5) is 0. The molecule has 1 fully saturated rings. The van der Waals surface area contributed by atoms with Gasteiger partial charge in [-0.05, 0) is 12.8 Å². The summed E-state index contributed by atoms with van der Waals surface area (Å²) in [6.45, 7) is 5.10. The maximum absolute atomic E-state index is 9.34. The number of nitrogens with one attached hydrogen (secondary N) is 2. The SMILES string of the molecule is CCC(O)CC1CNCCN1. The Bertz CT molecular complexity index is 102. The van der Waals surface area contributed by atoms with Gasteiger partial charge in [0.15, 0.2) is 0 Å². The van der Waals surface area contributed by atoms with Crippen molar-refractivity contribution < 1.29 is 5.11 Å². The molecule has 1 aliphatic heterocycles. The molecule has 3 heteroatoms. The number of piperazine rings is 1. The predicted molar refractivity (Wildman–Crippen MR) is 45.6 cm³/mol. The van der Waals surface area contributed by atoms with Crippen LogP contribution in [-0.4, -0.2) is 36.9 Å². The van der Waals surface area contributed by atoms with Gasteiger partial charge in [-0.25, -0.2) is 0 Å². The molecule has 0 spiro atoms. The molecular weight excluding hydrogens is 140 g/mol. The Labute approximate surface area is 68.2 Å². The molecule has 1 rings (SSSR count). The van der Waals surface area contributed by atoms with Crippen LogP contribution in [0.5, 0.6) is 0 Å². The van der Waals surface area contributed by atoms with Crippen LogP contribution in [0.15, 0.2) is 0 Å². The molecule has 11 heavy (non-hydrogen) atoms. The van der Waals surface area contributed by atoms with Crippen molar-refractivity contribution in [3.05, 3.63) is 0 Å². The predicted octanol–water partition coefficient (Wildman–Crippen LogP) is -0.291. The fourth-order valence-electron chi connectivity index (χ4n) is 1.37. The van der Waals surface area contributed by atoms with Crippen LogP contribution in [-0.2, 0) is 0 Å². The summed E-state index contributed by atoms with van der Waals surface area (Å²) in [5, 5.41) is 16.0. The minimum atomic E-state index is -0.132. The molecule has 0 bridgehead atoms. The number of hydrogen-bond acceptors (Lipinski definition) is 3. The third-order valence-corrected chi connectivity index (χ3v) is 2.15. The Morgan fingerprint density at radius 3 is 2.91 bits per heavy atom. The second-order valence-electron chi connectivity index (χ2n) is 3.15. The monoisotopic (exact) mass is 158 g/mol. The fourth-order valence-corrected chi connectivity index (χ4v) is 1.37. The van der Waals surface area contributed by atoms with E-state index in [9.17, 15) is 5.11 Å². The molecule has 0 aliphatic carbocycles. The maximum Gasteiger partial charge on any atom is 0.0553 e. The first-order chi connectivity index (χ1) is 5.33. The van der Waals surface area contributed by atoms with Gasteiger partial charge in [-0.1, -0.05) is 6.92 Å². The van der Waals surface area contributed by atoms with E-state index >= 15 is 0 Å². The van der Waals surface area contributed by atoms with Crippen molar-refractivity contribution in [1.29, 1.82) is 0 Å². The molecule has 0 saturated carbocycles. The Balaban J connectivity index is 2.13. The van der Waals surface area contributed by atoms with Crippen LogP contribution in [0.4, 0.5) is 0 Å². The van der Waals surface area contributed by atoms with Gasteiger partial charge >= 0.3 is 0 Å². The molecule has 0 amide bonds. The van der Waals surface area contributed by atoms with Crippen LogP contribution in [0.3, 0.4) is 0 Å². The molecule has 3 nitrogen and oxygen atoms in total. The quantitative estimate of drug-likeness (QED) is 0.529. The van der Waals surface area contributed by atoms with E-state index in [0.29, 0.717) is 6.04 Å². The third-order valence-electron chi connectivity index (χ3n) is 2.15. The molecular formula is C8H18N2O. The molecule has 1 aliphatic rings. The number of rotatable bonds is 3. The zero-order valence-electron chi connectivity index (χ0n) is 7.14. The molecule has 3 N–H and O–H groups in total. The van der Waals surface area contributed by atoms with Crippen LogP contribution in [0, 0.1) is 0 Å². The topological polar surface area (TPSA) is 44.3 Å². The fraction of sp³-hybridized carbons (Fsp3) is 1.00. The Hall–Kier alpha value is -0.120. The van der Waals surface area contributed by atoms with E-state index in [1.54, 1.807) is 0 Å². The van der Waals surface area contributed by atoms with E-state index in [4.69, 9.17) is 0 Å². The summed E-state index contributed by atoms with van der Waals surface area (Å²) in [5.41, 5.74) is 0. The van der Waals surface area contributed by atoms with Crippen molar-refractivity contribution in [3.63, 3.8) is 0 Å². The standard InChI is InChI=1S/C8H18N2O/c1-2-8(11)5-7-6-9-3-4-10-7/h7-11H,2-6H2,1H3. The summed E-state index contributed by atoms with van der Waals surface area (Å²) in [6.07, 6.45) is 1.61. The van der Waals surface area contributed by atoms with Gasteiger partial charge in [-0.2, -0.15) is 0 Å². The smallest absolute Gasteiger partial charge is 0.0553 e. The summed E-state index contributed by atoms with van der Waals surface area (Å²) < 4.78 is 0. The van der Waals surface area contributed by atoms with Gasteiger partial charge in [-0.15, -0.1) is 0 Å². The molecule has 1 saturated heterocycles. The van der Waals surface area contributed by atoms with Crippen LogP contribution in [0.1, 0.15) is 19.8 Å². The lowest BCUT2D eigenvalue weighted by molar-refractivity contribution is 0.141. The average Bonchev–Trinajstić information content (AvgIpc) is 2.06. The van der Waals surface area contributed by atoms with Gasteiger partial charge in [-0.3, -0.25) is 0 Å². The van der Waals surface area contributed by atoms with Gasteiger partial charge in [0.2, 0.25) is 0 Å². The van der Waals surface area contributed by atoms with Crippen molar-refractivity contribution >= 4 is 0 Å². The van der Waals surface area contributed by atoms with Crippen molar-refractivity contribution in [1.82, 2.24) is 10.6 Å². The molecule has 2 atom stereocenters. The molecule has 0 aromatic heterocycles. The van der Waals surface area contributed by atoms with Gasteiger partial charge in [0, 0.05) is 25.7 Å². The van der Waals surface area contributed by atoms with Gasteiger partial charge < -0.3 is 15.7 Å². The lowest BCUT2D eigenvalue weighted by Gasteiger charge is -2.25. The Kier molecular flexibility index (Phi) is 3.83. The number of aliphatic hydroxyl groups is 1. The third kappa shape index (κ3) is 3.18. The van der Waals surface area contributed by atoms with Crippen molar-refractivity contribution in [2.24, 2.45) is 0 Å². The largest absolute Gasteiger partial charge is 0.393 e. The van der Waals surface area contributed by atoms with E-state index in [0.717, 1.165) is 32.5 Å². The van der Waals surface area contributed by atoms with E-state index < -0.39 is 0 Å². The summed E-state index contributed by atoms with van der Waals surface area (Å²) >= 11 is 0. The minimum Gasteiger partial charge on any atom is -0.393 e. The number of aliphatic hydroxyl groups excluding tert-OH is 1. The van der Waals surface area contributed by atoms with Crippen molar-refractivity contribution in [3.8, 4) is 0 Å². The highest BCUT2D eigenvalue weighted by Gasteiger charge is 2.14. The molecule has 0 radical (unpaired) electrons. The highest BCUT2D eigenvalue weighted by molar-refractivity contribution is 4.77. The van der Waals surface area contributed by atoms with Gasteiger partial charge in [0.05, 0.1) is 6.10 Å². The Morgan fingerprint density at radius 2 is 2.36 bits per heavy atom. The van der Waals surface area contributed by atoms with E-state index in [1.807, 2.05) is 6.92 Å². The zero-order valence-corrected chi connectivity index (χ0v) is 7.14. The highest BCUT2D eigenvalue weighted by atomic mass is 16.3. The number of hydrogen-bond donors (Lipinski definition) is 3. The Morgan fingerprint density at radius 1 is 1.55 bits per heavy atom. The molecule has 2 unspecified atom stereocenters. The van der Waals surface area contributed by atoms with Gasteiger partial charge in [0.1, 0.15) is 0 Å². The van der Waals surface area contributed by atoms with Crippen molar-refractivity contribution in [2.75, 3.05) is 19.6 Å². The normalized spacial score (nSPS) is 28.4. The zero-order chi connectivity index (χ0) is 8.10. The van der Waals surface area contributed by atoms with E-state index in [1.165, 1.54) is 0 Å². The van der Waals surface area contributed by atoms with Crippen LogP contribution >= 0.6 is 0 Å². The van der Waals surface area contributed by atoms with E-state index in [2.05, 4.69) is 10.6 Å². The summed E-state index contributed by atoms with van der Waals surface area (Å²) in [5.74, 6) is 0. The van der Waals surface area contributed by atoms with Gasteiger partial charge in [0.25, 0.3) is 0 Å². The molecule has 0 aromatic carbocycles. The lowest BCUT2D eigenvalue weighted by atomic mass is 10.1. The first-order valence-electron chi connectivity index (χ1n) is 4.45. The first-order valence-corrected chi connectivity index (χ1v) is 4.45. The highest BCUT2D eigenvalue weighted by Crippen LogP contribution is 2.02. The summed E-state index contributed by atoms with van der Waals surface area (Å²) in [7, 11) is 0. The molecule has 66 valence electrons. The average molecular weight is 158 g/mol. The van der Waals surface area contributed by atoms with Crippen LogP contribution in [0.25, 0.3) is 0 Å². The lowest BCUT2D eigenvalue weighted by Crippen LogP contribution is -2.49. The second kappa shape index (κ2) is 4.70. The summed E-state index contributed by atoms with van der Waals surface area (Å²) in [6, 6.07) is 0.471. The minimum absolute atomic E-state index is 0.132. The first kappa shape index (κ1) is 8.97. The maximum atomic E-state index is 9.34. The molecule has 1 heterocycles.